The molecule has 0 aromatic heterocycles. The third kappa shape index (κ3) is 7.43. The highest BCUT2D eigenvalue weighted by molar-refractivity contribution is 5.93. The number of ether oxygens (including phenoxy) is 3. The lowest BCUT2D eigenvalue weighted by molar-refractivity contribution is -0.158. The first-order valence-corrected chi connectivity index (χ1v) is 5.67. The van der Waals surface area contributed by atoms with Crippen LogP contribution in [0.5, 0.6) is 0 Å². The molecule has 0 aliphatic heterocycles. The lowest BCUT2D eigenvalue weighted by atomic mass is 10.2. The van der Waals surface area contributed by atoms with Crippen LogP contribution >= 0.6 is 0 Å². The van der Waals surface area contributed by atoms with Crippen molar-refractivity contribution in [1.29, 1.82) is 0 Å². The van der Waals surface area contributed by atoms with E-state index in [2.05, 4.69) is 16.1 Å². The van der Waals surface area contributed by atoms with E-state index in [1.54, 1.807) is 6.92 Å². The SMILES string of the molecule is C=C(CC(=O)OCC(=O)OCCC)C(=O)OCC. The smallest absolute Gasteiger partial charge is 0.344 e. The Bertz CT molecular complexity index is 321. The Morgan fingerprint density at radius 2 is 1.67 bits per heavy atom. The Morgan fingerprint density at radius 1 is 1.00 bits per heavy atom. The molecule has 0 radical (unpaired) electrons. The van der Waals surface area contributed by atoms with Crippen LogP contribution in [0, 0.1) is 0 Å². The molecule has 102 valence electrons. The minimum atomic E-state index is -0.721. The molecule has 0 unspecified atom stereocenters. The molecule has 0 aromatic rings. The van der Waals surface area contributed by atoms with Gasteiger partial charge in [-0.05, 0) is 13.3 Å². The first-order valence-electron chi connectivity index (χ1n) is 5.67. The molecule has 0 N–H and O–H groups in total. The second-order valence-electron chi connectivity index (χ2n) is 3.38. The second-order valence-corrected chi connectivity index (χ2v) is 3.38. The fraction of sp³-hybridized carbons (Fsp3) is 0.583. The standard InChI is InChI=1S/C12H18O6/c1-4-6-17-11(14)8-18-10(13)7-9(3)12(15)16-5-2/h3-8H2,1-2H3. The molecule has 0 aliphatic carbocycles. The molecule has 0 saturated heterocycles. The van der Waals surface area contributed by atoms with E-state index in [4.69, 9.17) is 4.74 Å². The van der Waals surface area contributed by atoms with E-state index in [9.17, 15) is 14.4 Å². The zero-order chi connectivity index (χ0) is 14.0. The van der Waals surface area contributed by atoms with Gasteiger partial charge < -0.3 is 14.2 Å². The quantitative estimate of drug-likeness (QED) is 0.367. The zero-order valence-corrected chi connectivity index (χ0v) is 10.7. The average molecular weight is 258 g/mol. The van der Waals surface area contributed by atoms with Gasteiger partial charge in [0.05, 0.1) is 19.6 Å². The minimum absolute atomic E-state index is 0.0104. The van der Waals surface area contributed by atoms with Gasteiger partial charge in [0.25, 0.3) is 0 Å². The molecular weight excluding hydrogens is 240 g/mol. The van der Waals surface area contributed by atoms with Crippen LogP contribution in [-0.2, 0) is 28.6 Å². The van der Waals surface area contributed by atoms with Gasteiger partial charge in [0.2, 0.25) is 0 Å². The number of rotatable bonds is 8. The van der Waals surface area contributed by atoms with Gasteiger partial charge in [-0.25, -0.2) is 9.59 Å². The van der Waals surface area contributed by atoms with Crippen molar-refractivity contribution in [3.8, 4) is 0 Å². The summed E-state index contributed by atoms with van der Waals surface area (Å²) >= 11 is 0. The lowest BCUT2D eigenvalue weighted by Crippen LogP contribution is -2.18. The summed E-state index contributed by atoms with van der Waals surface area (Å²) in [6.07, 6.45) is 0.388. The summed E-state index contributed by atoms with van der Waals surface area (Å²) in [6.45, 7) is 6.92. The van der Waals surface area contributed by atoms with Crippen LogP contribution in [0.15, 0.2) is 12.2 Å². The van der Waals surface area contributed by atoms with Crippen LogP contribution in [0.2, 0.25) is 0 Å². The summed E-state index contributed by atoms with van der Waals surface area (Å²) in [4.78, 5) is 33.4. The number of hydrogen-bond acceptors (Lipinski definition) is 6. The molecule has 0 rings (SSSR count). The van der Waals surface area contributed by atoms with E-state index in [0.29, 0.717) is 6.42 Å². The maximum Gasteiger partial charge on any atom is 0.344 e. The van der Waals surface area contributed by atoms with Crippen molar-refractivity contribution in [2.75, 3.05) is 19.8 Å². The van der Waals surface area contributed by atoms with Gasteiger partial charge in [-0.1, -0.05) is 13.5 Å². The molecule has 6 nitrogen and oxygen atoms in total. The Morgan fingerprint density at radius 3 is 2.22 bits per heavy atom. The molecule has 18 heavy (non-hydrogen) atoms. The van der Waals surface area contributed by atoms with E-state index < -0.39 is 24.5 Å². The van der Waals surface area contributed by atoms with Gasteiger partial charge in [-0.15, -0.1) is 0 Å². The Labute approximate surface area is 106 Å². The highest BCUT2D eigenvalue weighted by atomic mass is 16.6. The summed E-state index contributed by atoms with van der Waals surface area (Å²) in [6, 6.07) is 0. The number of carbonyl (C=O) groups is 3. The van der Waals surface area contributed by atoms with E-state index in [1.165, 1.54) is 0 Å². The van der Waals surface area contributed by atoms with Crippen LogP contribution in [0.25, 0.3) is 0 Å². The molecule has 0 saturated carbocycles. The van der Waals surface area contributed by atoms with E-state index in [-0.39, 0.29) is 25.2 Å². The number of esters is 3. The third-order valence-corrected chi connectivity index (χ3v) is 1.74. The van der Waals surface area contributed by atoms with Crippen molar-refractivity contribution in [2.24, 2.45) is 0 Å². The molecule has 0 amide bonds. The van der Waals surface area contributed by atoms with Gasteiger partial charge in [-0.2, -0.15) is 0 Å². The molecule has 0 atom stereocenters. The highest BCUT2D eigenvalue weighted by Crippen LogP contribution is 2.03. The van der Waals surface area contributed by atoms with Crippen molar-refractivity contribution >= 4 is 17.9 Å². The Kier molecular flexibility index (Phi) is 8.26. The molecule has 6 heteroatoms. The number of carbonyl (C=O) groups excluding carboxylic acids is 3. The first kappa shape index (κ1) is 16.1. The predicted octanol–water partition coefficient (Wildman–Crippen LogP) is 0.992. The maximum absolute atomic E-state index is 11.2. The van der Waals surface area contributed by atoms with Crippen molar-refractivity contribution in [3.63, 3.8) is 0 Å². The lowest BCUT2D eigenvalue weighted by Gasteiger charge is -2.06. The van der Waals surface area contributed by atoms with Gasteiger partial charge >= 0.3 is 17.9 Å². The van der Waals surface area contributed by atoms with Crippen molar-refractivity contribution in [3.05, 3.63) is 12.2 Å². The van der Waals surface area contributed by atoms with Crippen LogP contribution in [-0.4, -0.2) is 37.7 Å². The summed E-state index contributed by atoms with van der Waals surface area (Å²) < 4.78 is 14.0. The topological polar surface area (TPSA) is 78.9 Å². The Balaban J connectivity index is 3.87. The van der Waals surface area contributed by atoms with Gasteiger partial charge in [-0.3, -0.25) is 4.79 Å². The molecule has 0 bridgehead atoms. The monoisotopic (exact) mass is 258 g/mol. The molecule has 0 aliphatic rings. The largest absolute Gasteiger partial charge is 0.463 e. The molecule has 0 aromatic carbocycles. The van der Waals surface area contributed by atoms with Gasteiger partial charge in [0, 0.05) is 5.57 Å². The normalized spacial score (nSPS) is 9.44. The molecule has 0 heterocycles. The second kappa shape index (κ2) is 9.21. The molecule has 0 spiro atoms. The summed E-state index contributed by atoms with van der Waals surface area (Å²) in [5, 5.41) is 0. The van der Waals surface area contributed by atoms with E-state index in [0.717, 1.165) is 0 Å². The average Bonchev–Trinajstić information content (AvgIpc) is 2.34. The number of hydrogen-bond donors (Lipinski definition) is 0. The highest BCUT2D eigenvalue weighted by Gasteiger charge is 2.15. The summed E-state index contributed by atoms with van der Waals surface area (Å²) in [7, 11) is 0. The summed E-state index contributed by atoms with van der Waals surface area (Å²) in [5.74, 6) is -1.99. The molecule has 0 fully saturated rings. The fourth-order valence-electron chi connectivity index (χ4n) is 0.928. The van der Waals surface area contributed by atoms with Gasteiger partial charge in [0.15, 0.2) is 6.61 Å². The fourth-order valence-corrected chi connectivity index (χ4v) is 0.928. The summed E-state index contributed by atoms with van der Waals surface area (Å²) in [5.41, 5.74) is -0.0104. The van der Waals surface area contributed by atoms with Crippen LogP contribution in [0.1, 0.15) is 26.7 Å². The third-order valence-electron chi connectivity index (χ3n) is 1.74. The van der Waals surface area contributed by atoms with E-state index >= 15 is 0 Å². The minimum Gasteiger partial charge on any atom is -0.463 e. The molecular formula is C12H18O6. The van der Waals surface area contributed by atoms with Crippen LogP contribution in [0.3, 0.4) is 0 Å². The first-order chi connectivity index (χ1) is 8.51. The Hall–Kier alpha value is -1.85. The zero-order valence-electron chi connectivity index (χ0n) is 10.7. The van der Waals surface area contributed by atoms with Crippen molar-refractivity contribution < 1.29 is 28.6 Å². The van der Waals surface area contributed by atoms with Crippen molar-refractivity contribution in [2.45, 2.75) is 26.7 Å². The van der Waals surface area contributed by atoms with Crippen LogP contribution in [0.4, 0.5) is 0 Å². The van der Waals surface area contributed by atoms with Gasteiger partial charge in [0.1, 0.15) is 0 Å². The maximum atomic E-state index is 11.2. The predicted molar refractivity (Wildman–Crippen MR) is 62.6 cm³/mol. The van der Waals surface area contributed by atoms with Crippen LogP contribution < -0.4 is 0 Å². The van der Waals surface area contributed by atoms with E-state index in [1.807, 2.05) is 6.92 Å². The van der Waals surface area contributed by atoms with Crippen molar-refractivity contribution in [1.82, 2.24) is 0 Å².